The lowest BCUT2D eigenvalue weighted by Gasteiger charge is -2.21. The summed E-state index contributed by atoms with van der Waals surface area (Å²) >= 11 is 0. The molecule has 118 valence electrons. The lowest BCUT2D eigenvalue weighted by molar-refractivity contribution is -0.158. The topological polar surface area (TPSA) is 110 Å². The molecule has 0 amide bonds. The zero-order chi connectivity index (χ0) is 16.1. The molecule has 0 aromatic heterocycles. The molecule has 0 unspecified atom stereocenters. The summed E-state index contributed by atoms with van der Waals surface area (Å²) < 4.78 is 30.4. The van der Waals surface area contributed by atoms with E-state index in [2.05, 4.69) is 0 Å². The number of ether oxygens (including phenoxy) is 1. The SMILES string of the molecule is CC(C)CS(=O)(=O)N[C@@H](CC(=O)OC(C)(C)C)C(=O)O. The molecule has 0 spiro atoms. The summed E-state index contributed by atoms with van der Waals surface area (Å²) in [5.41, 5.74) is -0.753. The van der Waals surface area contributed by atoms with E-state index in [1.807, 2.05) is 4.72 Å². The summed E-state index contributed by atoms with van der Waals surface area (Å²) in [6.45, 7) is 8.32. The van der Waals surface area contributed by atoms with Crippen LogP contribution >= 0.6 is 0 Å². The second kappa shape index (κ2) is 7.03. The van der Waals surface area contributed by atoms with Crippen molar-refractivity contribution < 1.29 is 27.9 Å². The molecular weight excluding hydrogens is 286 g/mol. The van der Waals surface area contributed by atoms with Crippen LogP contribution in [0.15, 0.2) is 0 Å². The van der Waals surface area contributed by atoms with Crippen LogP contribution in [0.4, 0.5) is 0 Å². The number of hydrogen-bond donors (Lipinski definition) is 2. The van der Waals surface area contributed by atoms with Gasteiger partial charge in [-0.3, -0.25) is 9.59 Å². The Labute approximate surface area is 119 Å². The summed E-state index contributed by atoms with van der Waals surface area (Å²) in [4.78, 5) is 22.6. The Kier molecular flexibility index (Phi) is 6.63. The second-order valence-electron chi connectivity index (χ2n) is 5.97. The molecule has 0 saturated heterocycles. The molecule has 0 aliphatic rings. The summed E-state index contributed by atoms with van der Waals surface area (Å²) in [6.07, 6.45) is -0.552. The first-order valence-electron chi connectivity index (χ1n) is 6.27. The summed E-state index contributed by atoms with van der Waals surface area (Å²) in [7, 11) is -3.75. The van der Waals surface area contributed by atoms with E-state index in [0.29, 0.717) is 0 Å². The van der Waals surface area contributed by atoms with E-state index in [1.54, 1.807) is 34.6 Å². The molecule has 2 N–H and O–H groups in total. The maximum atomic E-state index is 11.7. The van der Waals surface area contributed by atoms with Crippen molar-refractivity contribution >= 4 is 22.0 Å². The molecular formula is C12H23NO6S. The van der Waals surface area contributed by atoms with Crippen molar-refractivity contribution in [3.8, 4) is 0 Å². The fourth-order valence-corrected chi connectivity index (χ4v) is 3.02. The van der Waals surface area contributed by atoms with Gasteiger partial charge in [0, 0.05) is 0 Å². The van der Waals surface area contributed by atoms with Gasteiger partial charge in [-0.1, -0.05) is 13.8 Å². The molecule has 0 fully saturated rings. The normalized spacial score (nSPS) is 14.1. The molecule has 0 rings (SSSR count). The van der Waals surface area contributed by atoms with Gasteiger partial charge in [-0.05, 0) is 26.7 Å². The fraction of sp³-hybridized carbons (Fsp3) is 0.833. The summed E-state index contributed by atoms with van der Waals surface area (Å²) in [5, 5.41) is 8.98. The van der Waals surface area contributed by atoms with Crippen LogP contribution in [0.5, 0.6) is 0 Å². The number of carbonyl (C=O) groups excluding carboxylic acids is 1. The standard InChI is InChI=1S/C12H23NO6S/c1-8(2)7-20(17,18)13-9(11(15)16)6-10(14)19-12(3,4)5/h8-9,13H,6-7H2,1-5H3,(H,15,16)/t9-/m0/s1. The van der Waals surface area contributed by atoms with Crippen molar-refractivity contribution in [2.24, 2.45) is 5.92 Å². The van der Waals surface area contributed by atoms with Gasteiger partial charge in [0.1, 0.15) is 11.6 Å². The smallest absolute Gasteiger partial charge is 0.322 e. The van der Waals surface area contributed by atoms with Crippen molar-refractivity contribution in [1.82, 2.24) is 4.72 Å². The Bertz CT molecular complexity index is 449. The molecule has 1 atom stereocenters. The van der Waals surface area contributed by atoms with Crippen LogP contribution in [0.1, 0.15) is 41.0 Å². The highest BCUT2D eigenvalue weighted by atomic mass is 32.2. The molecule has 0 aromatic rings. The Balaban J connectivity index is 4.76. The summed E-state index contributed by atoms with van der Waals surface area (Å²) in [5.74, 6) is -2.53. The van der Waals surface area contributed by atoms with Gasteiger partial charge in [-0.2, -0.15) is 0 Å². The number of carboxylic acid groups (broad SMARTS) is 1. The number of esters is 1. The average Bonchev–Trinajstić information content (AvgIpc) is 2.09. The molecule has 0 aromatic carbocycles. The van der Waals surface area contributed by atoms with Crippen molar-refractivity contribution in [3.05, 3.63) is 0 Å². The number of rotatable bonds is 7. The minimum absolute atomic E-state index is 0.150. The van der Waals surface area contributed by atoms with Gasteiger partial charge < -0.3 is 9.84 Å². The van der Waals surface area contributed by atoms with Crippen LogP contribution < -0.4 is 4.72 Å². The molecule has 20 heavy (non-hydrogen) atoms. The number of hydrogen-bond acceptors (Lipinski definition) is 5. The van der Waals surface area contributed by atoms with E-state index < -0.39 is 40.0 Å². The quantitative estimate of drug-likeness (QED) is 0.671. The Hall–Kier alpha value is -1.15. The number of carbonyl (C=O) groups is 2. The number of aliphatic carboxylic acids is 1. The second-order valence-corrected chi connectivity index (χ2v) is 7.77. The number of nitrogens with one attached hydrogen (secondary N) is 1. The highest BCUT2D eigenvalue weighted by Gasteiger charge is 2.29. The van der Waals surface area contributed by atoms with E-state index in [0.717, 1.165) is 0 Å². The van der Waals surface area contributed by atoms with Crippen molar-refractivity contribution in [3.63, 3.8) is 0 Å². The Morgan fingerprint density at radius 2 is 1.75 bits per heavy atom. The van der Waals surface area contributed by atoms with Crippen LogP contribution in [0.3, 0.4) is 0 Å². The highest BCUT2D eigenvalue weighted by molar-refractivity contribution is 7.89. The first kappa shape index (κ1) is 18.9. The molecule has 0 radical (unpaired) electrons. The van der Waals surface area contributed by atoms with Crippen LogP contribution in [-0.4, -0.2) is 42.9 Å². The molecule has 8 heteroatoms. The number of sulfonamides is 1. The van der Waals surface area contributed by atoms with Gasteiger partial charge in [0.15, 0.2) is 0 Å². The molecule has 0 aliphatic heterocycles. The largest absolute Gasteiger partial charge is 0.480 e. The molecule has 0 heterocycles. The fourth-order valence-electron chi connectivity index (χ4n) is 1.43. The number of carboxylic acids is 1. The molecule has 0 saturated carbocycles. The van der Waals surface area contributed by atoms with Crippen molar-refractivity contribution in [1.29, 1.82) is 0 Å². The van der Waals surface area contributed by atoms with Crippen LogP contribution in [0.25, 0.3) is 0 Å². The van der Waals surface area contributed by atoms with E-state index >= 15 is 0 Å². The van der Waals surface area contributed by atoms with Crippen LogP contribution in [-0.2, 0) is 24.3 Å². The zero-order valence-electron chi connectivity index (χ0n) is 12.5. The van der Waals surface area contributed by atoms with Gasteiger partial charge in [0.2, 0.25) is 10.0 Å². The molecule has 0 bridgehead atoms. The monoisotopic (exact) mass is 309 g/mol. The predicted molar refractivity (Wildman–Crippen MR) is 73.6 cm³/mol. The lowest BCUT2D eigenvalue weighted by Crippen LogP contribution is -2.44. The van der Waals surface area contributed by atoms with E-state index in [1.165, 1.54) is 0 Å². The lowest BCUT2D eigenvalue weighted by atomic mass is 10.2. The van der Waals surface area contributed by atoms with Crippen LogP contribution in [0.2, 0.25) is 0 Å². The third kappa shape index (κ3) is 8.87. The van der Waals surface area contributed by atoms with Crippen molar-refractivity contribution in [2.75, 3.05) is 5.75 Å². The van der Waals surface area contributed by atoms with Gasteiger partial charge in [-0.25, -0.2) is 13.1 Å². The third-order valence-corrected chi connectivity index (χ3v) is 3.71. The van der Waals surface area contributed by atoms with E-state index in [4.69, 9.17) is 9.84 Å². The third-order valence-electron chi connectivity index (χ3n) is 1.96. The van der Waals surface area contributed by atoms with Gasteiger partial charge in [0.05, 0.1) is 12.2 Å². The maximum absolute atomic E-state index is 11.7. The van der Waals surface area contributed by atoms with Gasteiger partial charge in [0.25, 0.3) is 0 Å². The molecule has 0 aliphatic carbocycles. The van der Waals surface area contributed by atoms with E-state index in [9.17, 15) is 18.0 Å². The Morgan fingerprint density at radius 1 is 1.25 bits per heavy atom. The summed E-state index contributed by atoms with van der Waals surface area (Å²) in [6, 6.07) is -1.52. The highest BCUT2D eigenvalue weighted by Crippen LogP contribution is 2.10. The first-order chi connectivity index (χ1) is 8.82. The van der Waals surface area contributed by atoms with E-state index in [-0.39, 0.29) is 11.7 Å². The van der Waals surface area contributed by atoms with Crippen molar-refractivity contribution in [2.45, 2.75) is 52.7 Å². The van der Waals surface area contributed by atoms with Crippen LogP contribution in [0, 0.1) is 5.92 Å². The first-order valence-corrected chi connectivity index (χ1v) is 7.92. The average molecular weight is 309 g/mol. The molecule has 7 nitrogen and oxygen atoms in total. The minimum atomic E-state index is -3.75. The zero-order valence-corrected chi connectivity index (χ0v) is 13.3. The minimum Gasteiger partial charge on any atom is -0.480 e. The maximum Gasteiger partial charge on any atom is 0.322 e. The predicted octanol–water partition coefficient (Wildman–Crippen LogP) is 0.747. The van der Waals surface area contributed by atoms with Gasteiger partial charge in [-0.15, -0.1) is 0 Å². The Morgan fingerprint density at radius 3 is 2.10 bits per heavy atom. The van der Waals surface area contributed by atoms with Gasteiger partial charge >= 0.3 is 11.9 Å².